The number of aliphatic carboxylic acids is 1. The summed E-state index contributed by atoms with van der Waals surface area (Å²) in [5, 5.41) is 9.32. The molecule has 4 nitrogen and oxygen atoms in total. The molecule has 0 radical (unpaired) electrons. The Morgan fingerprint density at radius 3 is 2.50 bits per heavy atom. The van der Waals surface area contributed by atoms with E-state index in [4.69, 9.17) is 4.74 Å². The average molecular weight is 275 g/mol. The van der Waals surface area contributed by atoms with Gasteiger partial charge < -0.3 is 9.84 Å². The van der Waals surface area contributed by atoms with Crippen LogP contribution in [0, 0.1) is 5.82 Å². The van der Waals surface area contributed by atoms with Crippen molar-refractivity contribution >= 4 is 5.97 Å². The minimum Gasteiger partial charge on any atom is -0.495 e. The van der Waals surface area contributed by atoms with Gasteiger partial charge in [-0.1, -0.05) is 12.1 Å². The molecular formula is C15H14FNO3. The van der Waals surface area contributed by atoms with Crippen molar-refractivity contribution in [2.45, 2.75) is 12.3 Å². The van der Waals surface area contributed by atoms with Crippen LogP contribution >= 0.6 is 0 Å². The molecule has 1 N–H and O–H groups in total. The Labute approximate surface area is 115 Å². The summed E-state index contributed by atoms with van der Waals surface area (Å²) in [4.78, 5) is 15.5. The maximum atomic E-state index is 12.8. The number of nitrogens with zero attached hydrogens (tertiary/aromatic N) is 1. The lowest BCUT2D eigenvalue weighted by molar-refractivity contribution is -0.138. The number of ether oxygens (including phenoxy) is 1. The number of hydrogen-bond acceptors (Lipinski definition) is 3. The van der Waals surface area contributed by atoms with Crippen molar-refractivity contribution in [1.29, 1.82) is 0 Å². The minimum atomic E-state index is -0.966. The third kappa shape index (κ3) is 3.32. The first-order valence-electron chi connectivity index (χ1n) is 6.07. The summed E-state index contributed by atoms with van der Waals surface area (Å²) < 4.78 is 17.8. The van der Waals surface area contributed by atoms with Crippen LogP contribution in [0.25, 0.3) is 0 Å². The van der Waals surface area contributed by atoms with Crippen LogP contribution in [0.15, 0.2) is 42.6 Å². The molecule has 1 atom stereocenters. The number of carboxylic acid groups (broad SMARTS) is 1. The number of pyridine rings is 1. The Hall–Kier alpha value is -2.43. The summed E-state index contributed by atoms with van der Waals surface area (Å²) in [6, 6.07) is 9.08. The molecule has 0 spiro atoms. The number of carbonyl (C=O) groups is 1. The van der Waals surface area contributed by atoms with Crippen LogP contribution in [0.5, 0.6) is 5.75 Å². The first-order chi connectivity index (χ1) is 9.60. The molecule has 2 aromatic rings. The van der Waals surface area contributed by atoms with Crippen LogP contribution in [-0.2, 0) is 11.2 Å². The number of carboxylic acids is 1. The Morgan fingerprint density at radius 1 is 1.30 bits per heavy atom. The molecule has 5 heteroatoms. The number of benzene rings is 1. The Morgan fingerprint density at radius 2 is 2.00 bits per heavy atom. The number of rotatable bonds is 5. The summed E-state index contributed by atoms with van der Waals surface area (Å²) in [6.07, 6.45) is 1.74. The maximum Gasteiger partial charge on any atom is 0.312 e. The maximum absolute atomic E-state index is 12.8. The number of halogens is 1. The lowest BCUT2D eigenvalue weighted by Crippen LogP contribution is -2.15. The van der Waals surface area contributed by atoms with E-state index in [1.807, 2.05) is 0 Å². The van der Waals surface area contributed by atoms with E-state index in [1.54, 1.807) is 24.3 Å². The summed E-state index contributed by atoms with van der Waals surface area (Å²) in [6.45, 7) is 0. The molecule has 0 saturated carbocycles. The fraction of sp³-hybridized carbons (Fsp3) is 0.200. The van der Waals surface area contributed by atoms with Crippen molar-refractivity contribution in [3.63, 3.8) is 0 Å². The Bertz CT molecular complexity index is 581. The Kier molecular flexibility index (Phi) is 4.30. The molecule has 0 bridgehead atoms. The van der Waals surface area contributed by atoms with Gasteiger partial charge in [0.15, 0.2) is 0 Å². The van der Waals surface area contributed by atoms with Gasteiger partial charge in [-0.3, -0.25) is 9.78 Å². The van der Waals surface area contributed by atoms with Gasteiger partial charge in [-0.25, -0.2) is 4.39 Å². The lowest BCUT2D eigenvalue weighted by atomic mass is 9.96. The molecule has 0 saturated heterocycles. The molecule has 0 aliphatic heterocycles. The molecule has 0 amide bonds. The SMILES string of the molecule is COc1ccc(C(Cc2ccc(F)cc2)C(=O)O)nc1. The third-order valence-corrected chi connectivity index (χ3v) is 3.00. The van der Waals surface area contributed by atoms with E-state index in [2.05, 4.69) is 4.98 Å². The van der Waals surface area contributed by atoms with Crippen molar-refractivity contribution in [3.05, 3.63) is 59.7 Å². The zero-order valence-corrected chi connectivity index (χ0v) is 10.9. The molecule has 1 heterocycles. The first kappa shape index (κ1) is 14.0. The van der Waals surface area contributed by atoms with Crippen molar-refractivity contribution < 1.29 is 19.0 Å². The van der Waals surface area contributed by atoms with Gasteiger partial charge in [0.1, 0.15) is 17.5 Å². The summed E-state index contributed by atoms with van der Waals surface area (Å²) in [7, 11) is 1.52. The average Bonchev–Trinajstić information content (AvgIpc) is 2.46. The number of hydrogen-bond donors (Lipinski definition) is 1. The van der Waals surface area contributed by atoms with E-state index in [-0.39, 0.29) is 12.2 Å². The normalized spacial score (nSPS) is 11.9. The molecule has 20 heavy (non-hydrogen) atoms. The number of methoxy groups -OCH3 is 1. The van der Waals surface area contributed by atoms with Crippen LogP contribution in [0.2, 0.25) is 0 Å². The summed E-state index contributed by atoms with van der Waals surface area (Å²) >= 11 is 0. The predicted molar refractivity (Wildman–Crippen MR) is 71.3 cm³/mol. The topological polar surface area (TPSA) is 59.4 Å². The van der Waals surface area contributed by atoms with Gasteiger partial charge in [-0.2, -0.15) is 0 Å². The van der Waals surface area contributed by atoms with E-state index in [1.165, 1.54) is 25.4 Å². The van der Waals surface area contributed by atoms with Gasteiger partial charge in [0.25, 0.3) is 0 Å². The molecule has 1 aromatic heterocycles. The van der Waals surface area contributed by atoms with Crippen LogP contribution in [0.3, 0.4) is 0 Å². The molecule has 0 fully saturated rings. The highest BCUT2D eigenvalue weighted by Crippen LogP contribution is 2.21. The third-order valence-electron chi connectivity index (χ3n) is 3.00. The van der Waals surface area contributed by atoms with Crippen LogP contribution in [0.1, 0.15) is 17.2 Å². The second-order valence-corrected chi connectivity index (χ2v) is 4.34. The fourth-order valence-electron chi connectivity index (χ4n) is 1.89. The molecule has 104 valence electrons. The van der Waals surface area contributed by atoms with Gasteiger partial charge in [-0.05, 0) is 36.2 Å². The molecule has 2 rings (SSSR count). The zero-order valence-electron chi connectivity index (χ0n) is 10.9. The van der Waals surface area contributed by atoms with E-state index in [0.29, 0.717) is 11.4 Å². The molecule has 0 aliphatic rings. The van der Waals surface area contributed by atoms with Gasteiger partial charge in [0, 0.05) is 0 Å². The second-order valence-electron chi connectivity index (χ2n) is 4.34. The van der Waals surface area contributed by atoms with Crippen molar-refractivity contribution in [1.82, 2.24) is 4.98 Å². The lowest BCUT2D eigenvalue weighted by Gasteiger charge is -2.12. The highest BCUT2D eigenvalue weighted by Gasteiger charge is 2.21. The summed E-state index contributed by atoms with van der Waals surface area (Å²) in [5.74, 6) is -1.51. The van der Waals surface area contributed by atoms with E-state index >= 15 is 0 Å². The smallest absolute Gasteiger partial charge is 0.312 e. The van der Waals surface area contributed by atoms with Crippen molar-refractivity contribution in [2.75, 3.05) is 7.11 Å². The van der Waals surface area contributed by atoms with Crippen molar-refractivity contribution in [3.8, 4) is 5.75 Å². The molecule has 0 aliphatic carbocycles. The van der Waals surface area contributed by atoms with E-state index < -0.39 is 11.9 Å². The standard InChI is InChI=1S/C15H14FNO3/c1-20-12-6-7-14(17-9-12)13(15(18)19)8-10-2-4-11(16)5-3-10/h2-7,9,13H,8H2,1H3,(H,18,19). The summed E-state index contributed by atoms with van der Waals surface area (Å²) in [5.41, 5.74) is 1.19. The predicted octanol–water partition coefficient (Wildman–Crippen LogP) is 2.64. The highest BCUT2D eigenvalue weighted by molar-refractivity contribution is 5.75. The number of aromatic nitrogens is 1. The quantitative estimate of drug-likeness (QED) is 0.911. The van der Waals surface area contributed by atoms with Gasteiger partial charge in [0.05, 0.1) is 19.0 Å². The van der Waals surface area contributed by atoms with Crippen LogP contribution < -0.4 is 4.74 Å². The highest BCUT2D eigenvalue weighted by atomic mass is 19.1. The van der Waals surface area contributed by atoms with E-state index in [9.17, 15) is 14.3 Å². The monoisotopic (exact) mass is 275 g/mol. The van der Waals surface area contributed by atoms with E-state index in [0.717, 1.165) is 5.56 Å². The Balaban J connectivity index is 2.22. The van der Waals surface area contributed by atoms with Gasteiger partial charge >= 0.3 is 5.97 Å². The van der Waals surface area contributed by atoms with Crippen molar-refractivity contribution in [2.24, 2.45) is 0 Å². The fourth-order valence-corrected chi connectivity index (χ4v) is 1.89. The molecular weight excluding hydrogens is 261 g/mol. The molecule has 1 unspecified atom stereocenters. The first-order valence-corrected chi connectivity index (χ1v) is 6.07. The van der Waals surface area contributed by atoms with Gasteiger partial charge in [-0.15, -0.1) is 0 Å². The van der Waals surface area contributed by atoms with Crippen LogP contribution in [-0.4, -0.2) is 23.2 Å². The van der Waals surface area contributed by atoms with Gasteiger partial charge in [0.2, 0.25) is 0 Å². The molecule has 1 aromatic carbocycles. The van der Waals surface area contributed by atoms with Crippen LogP contribution in [0.4, 0.5) is 4.39 Å². The zero-order chi connectivity index (χ0) is 14.5. The second kappa shape index (κ2) is 6.14. The minimum absolute atomic E-state index is 0.259. The largest absolute Gasteiger partial charge is 0.495 e.